The number of esters is 1. The Bertz CT molecular complexity index is 624. The van der Waals surface area contributed by atoms with E-state index >= 15 is 0 Å². The molecule has 2 atom stereocenters. The number of ether oxygens (including phenoxy) is 1. The van der Waals surface area contributed by atoms with Crippen molar-refractivity contribution in [3.63, 3.8) is 0 Å². The summed E-state index contributed by atoms with van der Waals surface area (Å²) >= 11 is 6.25. The standard InChI is InChI=1S/C17H20ClNO3/c1-4-10(2)22-17(21)16-11(3)19-15(20)9-13(16)12-7-5-6-8-14(12)18/h5-8,10,13H,4,9H2,1-3H3,(H,19,20)/t10-,13-/m0/s1. The quantitative estimate of drug-likeness (QED) is 0.863. The van der Waals surface area contributed by atoms with Gasteiger partial charge >= 0.3 is 5.97 Å². The minimum Gasteiger partial charge on any atom is -0.459 e. The SMILES string of the molecule is CC[C@H](C)OC(=O)C1=C(C)NC(=O)C[C@H]1c1ccccc1Cl. The van der Waals surface area contributed by atoms with Gasteiger partial charge in [0.1, 0.15) is 0 Å². The molecule has 0 unspecified atom stereocenters. The molecular weight excluding hydrogens is 302 g/mol. The van der Waals surface area contributed by atoms with Crippen molar-refractivity contribution in [2.75, 3.05) is 0 Å². The van der Waals surface area contributed by atoms with Gasteiger partial charge in [-0.15, -0.1) is 0 Å². The van der Waals surface area contributed by atoms with E-state index < -0.39 is 5.97 Å². The molecule has 0 fully saturated rings. The topological polar surface area (TPSA) is 55.4 Å². The van der Waals surface area contributed by atoms with E-state index in [4.69, 9.17) is 16.3 Å². The molecule has 5 heteroatoms. The Labute approximate surface area is 135 Å². The fraction of sp³-hybridized carbons (Fsp3) is 0.412. The second kappa shape index (κ2) is 6.97. The first-order valence-electron chi connectivity index (χ1n) is 7.40. The van der Waals surface area contributed by atoms with Gasteiger partial charge in [-0.1, -0.05) is 36.7 Å². The summed E-state index contributed by atoms with van der Waals surface area (Å²) in [6, 6.07) is 7.27. The third kappa shape index (κ3) is 3.50. The Balaban J connectivity index is 2.41. The van der Waals surface area contributed by atoms with Gasteiger partial charge in [0.2, 0.25) is 5.91 Å². The van der Waals surface area contributed by atoms with Crippen LogP contribution >= 0.6 is 11.6 Å². The van der Waals surface area contributed by atoms with Crippen LogP contribution in [0.5, 0.6) is 0 Å². The number of nitrogens with one attached hydrogen (secondary N) is 1. The van der Waals surface area contributed by atoms with Crippen LogP contribution in [0.1, 0.15) is 45.1 Å². The van der Waals surface area contributed by atoms with E-state index in [9.17, 15) is 9.59 Å². The molecule has 1 aromatic carbocycles. The summed E-state index contributed by atoms with van der Waals surface area (Å²) in [6.45, 7) is 5.52. The number of hydrogen-bond acceptors (Lipinski definition) is 3. The summed E-state index contributed by atoms with van der Waals surface area (Å²) in [4.78, 5) is 24.4. The lowest BCUT2D eigenvalue weighted by Gasteiger charge is -2.28. The fourth-order valence-corrected chi connectivity index (χ4v) is 2.79. The van der Waals surface area contributed by atoms with Crippen molar-refractivity contribution in [1.29, 1.82) is 0 Å². The van der Waals surface area contributed by atoms with Gasteiger partial charge in [0, 0.05) is 23.1 Å². The van der Waals surface area contributed by atoms with Crippen molar-refractivity contribution in [3.8, 4) is 0 Å². The highest BCUT2D eigenvalue weighted by Gasteiger charge is 2.34. The minimum atomic E-state index is -0.392. The van der Waals surface area contributed by atoms with Crippen LogP contribution in [-0.2, 0) is 14.3 Å². The molecule has 0 saturated heterocycles. The van der Waals surface area contributed by atoms with E-state index in [2.05, 4.69) is 5.32 Å². The lowest BCUT2D eigenvalue weighted by Crippen LogP contribution is -2.35. The molecule has 4 nitrogen and oxygen atoms in total. The smallest absolute Gasteiger partial charge is 0.336 e. The molecular formula is C17H20ClNO3. The van der Waals surface area contributed by atoms with E-state index in [-0.39, 0.29) is 24.3 Å². The van der Waals surface area contributed by atoms with Gasteiger partial charge in [0.25, 0.3) is 0 Å². The molecule has 2 rings (SSSR count). The number of allylic oxidation sites excluding steroid dienone is 1. The zero-order valence-electron chi connectivity index (χ0n) is 13.0. The van der Waals surface area contributed by atoms with Crippen LogP contribution in [0.3, 0.4) is 0 Å². The molecule has 1 amide bonds. The van der Waals surface area contributed by atoms with Crippen molar-refractivity contribution in [3.05, 3.63) is 46.1 Å². The highest BCUT2D eigenvalue weighted by atomic mass is 35.5. The van der Waals surface area contributed by atoms with Crippen molar-refractivity contribution in [2.24, 2.45) is 0 Å². The molecule has 0 aromatic heterocycles. The number of amides is 1. The summed E-state index contributed by atoms with van der Waals surface area (Å²) in [5.74, 6) is -0.890. The summed E-state index contributed by atoms with van der Waals surface area (Å²) in [6.07, 6.45) is 0.755. The predicted molar refractivity (Wildman–Crippen MR) is 85.5 cm³/mol. The fourth-order valence-electron chi connectivity index (χ4n) is 2.52. The predicted octanol–water partition coefficient (Wildman–Crippen LogP) is 3.56. The van der Waals surface area contributed by atoms with Crippen LogP contribution in [0, 0.1) is 0 Å². The molecule has 1 aromatic rings. The normalized spacial score (nSPS) is 19.6. The number of benzene rings is 1. The molecule has 0 radical (unpaired) electrons. The van der Waals surface area contributed by atoms with Gasteiger partial charge in [-0.2, -0.15) is 0 Å². The Kier molecular flexibility index (Phi) is 5.24. The lowest BCUT2D eigenvalue weighted by molar-refractivity contribution is -0.144. The Morgan fingerprint density at radius 2 is 2.14 bits per heavy atom. The summed E-state index contributed by atoms with van der Waals surface area (Å²) < 4.78 is 5.45. The summed E-state index contributed by atoms with van der Waals surface area (Å²) in [5, 5.41) is 3.26. The minimum absolute atomic E-state index is 0.123. The van der Waals surface area contributed by atoms with Crippen LogP contribution in [-0.4, -0.2) is 18.0 Å². The number of halogens is 1. The summed E-state index contributed by atoms with van der Waals surface area (Å²) in [5.41, 5.74) is 1.79. The zero-order valence-corrected chi connectivity index (χ0v) is 13.7. The lowest BCUT2D eigenvalue weighted by atomic mass is 9.84. The largest absolute Gasteiger partial charge is 0.459 e. The van der Waals surface area contributed by atoms with Gasteiger partial charge in [-0.05, 0) is 31.9 Å². The molecule has 0 spiro atoms. The maximum absolute atomic E-state index is 12.5. The molecule has 1 N–H and O–H groups in total. The first-order chi connectivity index (χ1) is 10.4. The van der Waals surface area contributed by atoms with Crippen molar-refractivity contribution >= 4 is 23.5 Å². The van der Waals surface area contributed by atoms with Crippen LogP contribution in [0.25, 0.3) is 0 Å². The number of carbonyl (C=O) groups is 2. The number of carbonyl (C=O) groups excluding carboxylic acids is 2. The Morgan fingerprint density at radius 3 is 2.77 bits per heavy atom. The monoisotopic (exact) mass is 321 g/mol. The maximum Gasteiger partial charge on any atom is 0.336 e. The molecule has 0 bridgehead atoms. The van der Waals surface area contributed by atoms with Gasteiger partial charge in [0.05, 0.1) is 11.7 Å². The van der Waals surface area contributed by atoms with E-state index in [0.29, 0.717) is 16.3 Å². The molecule has 0 aliphatic carbocycles. The summed E-state index contributed by atoms with van der Waals surface area (Å²) in [7, 11) is 0. The van der Waals surface area contributed by atoms with Crippen LogP contribution in [0.15, 0.2) is 35.5 Å². The van der Waals surface area contributed by atoms with Crippen molar-refractivity contribution in [2.45, 2.75) is 45.6 Å². The molecule has 1 aliphatic heterocycles. The second-order valence-electron chi connectivity index (χ2n) is 5.49. The van der Waals surface area contributed by atoms with E-state index in [1.807, 2.05) is 32.0 Å². The molecule has 1 aliphatic rings. The third-order valence-electron chi connectivity index (χ3n) is 3.85. The number of hydrogen-bond donors (Lipinski definition) is 1. The maximum atomic E-state index is 12.5. The molecule has 0 saturated carbocycles. The van der Waals surface area contributed by atoms with Crippen LogP contribution < -0.4 is 5.32 Å². The van der Waals surface area contributed by atoms with E-state index in [0.717, 1.165) is 12.0 Å². The first kappa shape index (κ1) is 16.6. The first-order valence-corrected chi connectivity index (χ1v) is 7.77. The highest BCUT2D eigenvalue weighted by Crippen LogP contribution is 2.37. The van der Waals surface area contributed by atoms with Gasteiger partial charge < -0.3 is 10.1 Å². The van der Waals surface area contributed by atoms with Crippen LogP contribution in [0.2, 0.25) is 5.02 Å². The Hall–Kier alpha value is -1.81. The van der Waals surface area contributed by atoms with Gasteiger partial charge in [0.15, 0.2) is 0 Å². The highest BCUT2D eigenvalue weighted by molar-refractivity contribution is 6.31. The van der Waals surface area contributed by atoms with E-state index in [1.165, 1.54) is 0 Å². The zero-order chi connectivity index (χ0) is 16.3. The van der Waals surface area contributed by atoms with Crippen molar-refractivity contribution < 1.29 is 14.3 Å². The Morgan fingerprint density at radius 1 is 1.45 bits per heavy atom. The number of rotatable bonds is 4. The van der Waals surface area contributed by atoms with Gasteiger partial charge in [-0.3, -0.25) is 4.79 Å². The third-order valence-corrected chi connectivity index (χ3v) is 4.20. The molecule has 118 valence electrons. The second-order valence-corrected chi connectivity index (χ2v) is 5.90. The average molecular weight is 322 g/mol. The van der Waals surface area contributed by atoms with Gasteiger partial charge in [-0.25, -0.2) is 4.79 Å². The average Bonchev–Trinajstić information content (AvgIpc) is 2.46. The molecule has 1 heterocycles. The van der Waals surface area contributed by atoms with Crippen molar-refractivity contribution in [1.82, 2.24) is 5.32 Å². The van der Waals surface area contributed by atoms with Crippen LogP contribution in [0.4, 0.5) is 0 Å². The molecule has 22 heavy (non-hydrogen) atoms. The van der Waals surface area contributed by atoms with E-state index in [1.54, 1.807) is 13.0 Å².